The van der Waals surface area contributed by atoms with Crippen molar-refractivity contribution in [2.45, 2.75) is 46.1 Å². The SMILES string of the molecule is COc1cc2c(Cl)ncnc2cc1OCCOC(=O)N1CCCCC1C(C)(C)C. The topological polar surface area (TPSA) is 73.8 Å². The van der Waals surface area contributed by atoms with Gasteiger partial charge >= 0.3 is 6.09 Å². The van der Waals surface area contributed by atoms with E-state index in [4.69, 9.17) is 25.8 Å². The Hall–Kier alpha value is -2.28. The Bertz CT molecular complexity index is 869. The first-order valence-corrected chi connectivity index (χ1v) is 10.2. The molecule has 1 atom stereocenters. The highest BCUT2D eigenvalue weighted by molar-refractivity contribution is 6.34. The molecular formula is C21H28ClN3O4. The number of ether oxygens (including phenoxy) is 3. The standard InChI is InChI=1S/C21H28ClN3O4/c1-21(2,3)18-7-5-6-8-25(18)20(26)29-10-9-28-17-12-15-14(11-16(17)27-4)19(22)24-13-23-15/h11-13,18H,5-10H2,1-4H3. The lowest BCUT2D eigenvalue weighted by Crippen LogP contribution is -2.50. The molecule has 2 heterocycles. The Balaban J connectivity index is 1.59. The first-order chi connectivity index (χ1) is 13.8. The molecule has 1 saturated heterocycles. The normalized spacial score (nSPS) is 17.3. The number of piperidine rings is 1. The first-order valence-electron chi connectivity index (χ1n) is 9.85. The highest BCUT2D eigenvalue weighted by Crippen LogP contribution is 2.34. The van der Waals surface area contributed by atoms with Crippen LogP contribution in [0, 0.1) is 5.41 Å². The monoisotopic (exact) mass is 421 g/mol. The summed E-state index contributed by atoms with van der Waals surface area (Å²) in [4.78, 5) is 22.6. The van der Waals surface area contributed by atoms with Crippen molar-refractivity contribution < 1.29 is 19.0 Å². The molecule has 0 spiro atoms. The van der Waals surface area contributed by atoms with Crippen LogP contribution in [0.5, 0.6) is 11.5 Å². The van der Waals surface area contributed by atoms with E-state index >= 15 is 0 Å². The van der Waals surface area contributed by atoms with Crippen molar-refractivity contribution >= 4 is 28.6 Å². The summed E-state index contributed by atoms with van der Waals surface area (Å²) in [5.41, 5.74) is 0.677. The fourth-order valence-electron chi connectivity index (χ4n) is 3.72. The third kappa shape index (κ3) is 5.01. The molecule has 7 nitrogen and oxygen atoms in total. The van der Waals surface area contributed by atoms with Crippen molar-refractivity contribution in [2.75, 3.05) is 26.9 Å². The fourth-order valence-corrected chi connectivity index (χ4v) is 3.91. The molecule has 158 valence electrons. The predicted molar refractivity (Wildman–Crippen MR) is 112 cm³/mol. The molecule has 8 heteroatoms. The van der Waals surface area contributed by atoms with E-state index in [1.807, 2.05) is 4.90 Å². The fraction of sp³-hybridized carbons (Fsp3) is 0.571. The minimum Gasteiger partial charge on any atom is -0.493 e. The second-order valence-corrected chi connectivity index (χ2v) is 8.58. The van der Waals surface area contributed by atoms with Gasteiger partial charge in [0.2, 0.25) is 0 Å². The lowest BCUT2D eigenvalue weighted by atomic mass is 9.81. The average molecular weight is 422 g/mol. The zero-order valence-electron chi connectivity index (χ0n) is 17.4. The Labute approximate surface area is 176 Å². The highest BCUT2D eigenvalue weighted by Gasteiger charge is 2.35. The van der Waals surface area contributed by atoms with Crippen LogP contribution in [0.2, 0.25) is 5.15 Å². The van der Waals surface area contributed by atoms with Gasteiger partial charge in [0.15, 0.2) is 11.5 Å². The Morgan fingerprint density at radius 3 is 2.72 bits per heavy atom. The zero-order chi connectivity index (χ0) is 21.0. The number of likely N-dealkylation sites (tertiary alicyclic amines) is 1. The van der Waals surface area contributed by atoms with E-state index in [2.05, 4.69) is 30.7 Å². The summed E-state index contributed by atoms with van der Waals surface area (Å²) in [6.45, 7) is 7.58. The molecule has 29 heavy (non-hydrogen) atoms. The molecule has 1 aliphatic rings. The summed E-state index contributed by atoms with van der Waals surface area (Å²) in [5.74, 6) is 1.03. The number of amides is 1. The van der Waals surface area contributed by atoms with Gasteiger partial charge in [-0.3, -0.25) is 0 Å². The summed E-state index contributed by atoms with van der Waals surface area (Å²) < 4.78 is 16.6. The minimum absolute atomic E-state index is 0.0253. The van der Waals surface area contributed by atoms with Gasteiger partial charge in [-0.2, -0.15) is 0 Å². The maximum atomic E-state index is 12.6. The maximum Gasteiger partial charge on any atom is 0.410 e. The van der Waals surface area contributed by atoms with Gasteiger partial charge in [-0.15, -0.1) is 0 Å². The van der Waals surface area contributed by atoms with E-state index in [0.29, 0.717) is 27.6 Å². The molecule has 1 fully saturated rings. The lowest BCUT2D eigenvalue weighted by Gasteiger charge is -2.42. The number of nitrogens with zero attached hydrogens (tertiary/aromatic N) is 3. The van der Waals surface area contributed by atoms with Gasteiger partial charge in [-0.25, -0.2) is 14.8 Å². The van der Waals surface area contributed by atoms with Gasteiger partial charge in [-0.1, -0.05) is 32.4 Å². The second kappa shape index (κ2) is 9.03. The summed E-state index contributed by atoms with van der Waals surface area (Å²) in [6.07, 6.45) is 4.28. The van der Waals surface area contributed by atoms with Gasteiger partial charge in [0.25, 0.3) is 0 Å². The molecule has 1 aliphatic heterocycles. The lowest BCUT2D eigenvalue weighted by molar-refractivity contribution is 0.0328. The molecule has 3 rings (SSSR count). The smallest absolute Gasteiger partial charge is 0.410 e. The van der Waals surface area contributed by atoms with Crippen LogP contribution in [0.3, 0.4) is 0 Å². The van der Waals surface area contributed by atoms with Crippen LogP contribution >= 0.6 is 11.6 Å². The third-order valence-corrected chi connectivity index (χ3v) is 5.48. The molecular weight excluding hydrogens is 394 g/mol. The van der Waals surface area contributed by atoms with Crippen molar-refractivity contribution in [3.8, 4) is 11.5 Å². The average Bonchev–Trinajstić information content (AvgIpc) is 2.70. The second-order valence-electron chi connectivity index (χ2n) is 8.22. The van der Waals surface area contributed by atoms with Gasteiger partial charge in [0.05, 0.1) is 12.6 Å². The first kappa shape index (κ1) is 21.4. The summed E-state index contributed by atoms with van der Waals surface area (Å²) in [6, 6.07) is 3.67. The van der Waals surface area contributed by atoms with E-state index in [0.717, 1.165) is 25.8 Å². The van der Waals surface area contributed by atoms with Crippen LogP contribution in [-0.2, 0) is 4.74 Å². The number of halogens is 1. The van der Waals surface area contributed by atoms with E-state index in [1.165, 1.54) is 6.33 Å². The molecule has 1 aromatic heterocycles. The highest BCUT2D eigenvalue weighted by atomic mass is 35.5. The van der Waals surface area contributed by atoms with Gasteiger partial charge in [0, 0.05) is 24.0 Å². The summed E-state index contributed by atoms with van der Waals surface area (Å²) in [7, 11) is 1.55. The molecule has 0 aliphatic carbocycles. The molecule has 0 bridgehead atoms. The van der Waals surface area contributed by atoms with Crippen LogP contribution in [0.4, 0.5) is 4.79 Å². The van der Waals surface area contributed by atoms with Crippen molar-refractivity contribution in [1.29, 1.82) is 0 Å². The number of carbonyl (C=O) groups is 1. The molecule has 0 radical (unpaired) electrons. The summed E-state index contributed by atoms with van der Waals surface area (Å²) in [5, 5.41) is 1.03. The van der Waals surface area contributed by atoms with E-state index in [-0.39, 0.29) is 30.8 Å². The van der Waals surface area contributed by atoms with Crippen molar-refractivity contribution in [3.05, 3.63) is 23.6 Å². The predicted octanol–water partition coefficient (Wildman–Crippen LogP) is 4.71. The minimum atomic E-state index is -0.279. The van der Waals surface area contributed by atoms with Crippen LogP contribution in [0.25, 0.3) is 10.9 Å². The molecule has 1 unspecified atom stereocenters. The maximum absolute atomic E-state index is 12.6. The number of carbonyl (C=O) groups excluding carboxylic acids is 1. The molecule has 1 aromatic carbocycles. The number of hydrogen-bond acceptors (Lipinski definition) is 6. The van der Waals surface area contributed by atoms with E-state index in [9.17, 15) is 4.79 Å². The number of rotatable bonds is 5. The largest absolute Gasteiger partial charge is 0.493 e. The van der Waals surface area contributed by atoms with Crippen LogP contribution in [0.15, 0.2) is 18.5 Å². The van der Waals surface area contributed by atoms with Gasteiger partial charge in [0.1, 0.15) is 24.7 Å². The van der Waals surface area contributed by atoms with Crippen molar-refractivity contribution in [1.82, 2.24) is 14.9 Å². The zero-order valence-corrected chi connectivity index (χ0v) is 18.2. The summed E-state index contributed by atoms with van der Waals surface area (Å²) >= 11 is 6.11. The molecule has 0 saturated carbocycles. The van der Waals surface area contributed by atoms with Crippen molar-refractivity contribution in [3.63, 3.8) is 0 Å². The Morgan fingerprint density at radius 1 is 1.21 bits per heavy atom. The van der Waals surface area contributed by atoms with Crippen LogP contribution in [-0.4, -0.2) is 53.9 Å². The Kier molecular flexibility index (Phi) is 6.67. The number of aromatic nitrogens is 2. The van der Waals surface area contributed by atoms with Crippen LogP contribution < -0.4 is 9.47 Å². The number of fused-ring (bicyclic) bond motifs is 1. The Morgan fingerprint density at radius 2 is 2.00 bits per heavy atom. The number of benzene rings is 1. The quantitative estimate of drug-likeness (QED) is 0.514. The number of hydrogen-bond donors (Lipinski definition) is 0. The van der Waals surface area contributed by atoms with Crippen molar-refractivity contribution in [2.24, 2.45) is 5.41 Å². The van der Waals surface area contributed by atoms with E-state index < -0.39 is 0 Å². The molecule has 1 amide bonds. The van der Waals surface area contributed by atoms with Gasteiger partial charge < -0.3 is 19.1 Å². The molecule has 2 aromatic rings. The van der Waals surface area contributed by atoms with E-state index in [1.54, 1.807) is 19.2 Å². The van der Waals surface area contributed by atoms with Crippen LogP contribution in [0.1, 0.15) is 40.0 Å². The number of methoxy groups -OCH3 is 1. The van der Waals surface area contributed by atoms with Gasteiger partial charge in [-0.05, 0) is 30.7 Å². The third-order valence-electron chi connectivity index (χ3n) is 5.18. The molecule has 0 N–H and O–H groups in total.